The molecule has 0 atom stereocenters. The molecule has 2 fully saturated rings. The lowest BCUT2D eigenvalue weighted by atomic mass is 10.0. The van der Waals surface area contributed by atoms with E-state index >= 15 is 0 Å². The van der Waals surface area contributed by atoms with Crippen LogP contribution in [-0.4, -0.2) is 53.6 Å². The fourth-order valence-electron chi connectivity index (χ4n) is 2.88. The van der Waals surface area contributed by atoms with Crippen LogP contribution in [0.2, 0.25) is 0 Å². The van der Waals surface area contributed by atoms with Crippen LogP contribution in [-0.2, 0) is 9.53 Å². The van der Waals surface area contributed by atoms with Crippen molar-refractivity contribution >= 4 is 23.7 Å². The summed E-state index contributed by atoms with van der Waals surface area (Å²) in [5, 5.41) is 2.86. The molecular formula is C16H19N3O4. The van der Waals surface area contributed by atoms with E-state index in [1.165, 1.54) is 4.90 Å². The Morgan fingerprint density at radius 3 is 2.39 bits per heavy atom. The summed E-state index contributed by atoms with van der Waals surface area (Å²) >= 11 is 0. The van der Waals surface area contributed by atoms with E-state index in [0.29, 0.717) is 25.9 Å². The fraction of sp³-hybridized carbons (Fsp3) is 0.438. The van der Waals surface area contributed by atoms with E-state index in [-0.39, 0.29) is 24.6 Å². The molecule has 23 heavy (non-hydrogen) atoms. The molecule has 0 aromatic heterocycles. The van der Waals surface area contributed by atoms with Gasteiger partial charge in [-0.15, -0.1) is 0 Å². The van der Waals surface area contributed by atoms with Crippen molar-refractivity contribution in [2.75, 3.05) is 25.0 Å². The predicted molar refractivity (Wildman–Crippen MR) is 83.0 cm³/mol. The van der Waals surface area contributed by atoms with Crippen molar-refractivity contribution in [3.05, 3.63) is 29.8 Å². The number of benzene rings is 1. The summed E-state index contributed by atoms with van der Waals surface area (Å²) < 4.78 is 4.74. The average molecular weight is 317 g/mol. The minimum Gasteiger partial charge on any atom is -0.439 e. The molecule has 122 valence electrons. The Hall–Kier alpha value is -2.57. The van der Waals surface area contributed by atoms with Crippen LogP contribution in [0.1, 0.15) is 18.4 Å². The first-order chi connectivity index (χ1) is 11.0. The number of piperidine rings is 1. The quantitative estimate of drug-likeness (QED) is 0.904. The molecule has 3 rings (SSSR count). The molecule has 2 saturated heterocycles. The van der Waals surface area contributed by atoms with Gasteiger partial charge in [0.05, 0.1) is 0 Å². The number of rotatable bonds is 2. The second-order valence-electron chi connectivity index (χ2n) is 5.83. The Morgan fingerprint density at radius 2 is 1.83 bits per heavy atom. The molecule has 0 saturated carbocycles. The van der Waals surface area contributed by atoms with Gasteiger partial charge in [0.25, 0.3) is 5.91 Å². The Kier molecular flexibility index (Phi) is 4.18. The zero-order chi connectivity index (χ0) is 16.4. The average Bonchev–Trinajstić information content (AvgIpc) is 2.88. The molecule has 0 spiro atoms. The third-order valence-corrected chi connectivity index (χ3v) is 4.20. The Labute approximate surface area is 134 Å². The molecule has 1 N–H and O–H groups in total. The van der Waals surface area contributed by atoms with Gasteiger partial charge in [0, 0.05) is 24.8 Å². The number of nitrogens with zero attached hydrogens (tertiary/aromatic N) is 2. The number of carbonyl (C=O) groups is 3. The van der Waals surface area contributed by atoms with Gasteiger partial charge >= 0.3 is 12.1 Å². The Morgan fingerprint density at radius 1 is 1.17 bits per heavy atom. The molecule has 2 aliphatic heterocycles. The van der Waals surface area contributed by atoms with Gasteiger partial charge in [0.2, 0.25) is 0 Å². The zero-order valence-corrected chi connectivity index (χ0v) is 12.9. The normalized spacial score (nSPS) is 19.0. The number of aryl methyl sites for hydroxylation is 1. The van der Waals surface area contributed by atoms with Crippen molar-refractivity contribution in [1.82, 2.24) is 9.80 Å². The van der Waals surface area contributed by atoms with Crippen LogP contribution in [0.15, 0.2) is 24.3 Å². The number of likely N-dealkylation sites (tertiary alicyclic amines) is 1. The molecule has 7 nitrogen and oxygen atoms in total. The van der Waals surface area contributed by atoms with Gasteiger partial charge in [0.15, 0.2) is 6.61 Å². The summed E-state index contributed by atoms with van der Waals surface area (Å²) in [7, 11) is 0. The van der Waals surface area contributed by atoms with Crippen LogP contribution in [0.4, 0.5) is 15.3 Å². The number of carbonyl (C=O) groups excluding carboxylic acids is 3. The number of hydrogen-bond donors (Lipinski definition) is 1. The Balaban J connectivity index is 1.54. The van der Waals surface area contributed by atoms with Crippen molar-refractivity contribution < 1.29 is 19.1 Å². The molecule has 2 aliphatic rings. The van der Waals surface area contributed by atoms with Crippen LogP contribution in [0.3, 0.4) is 0 Å². The number of imide groups is 1. The van der Waals surface area contributed by atoms with E-state index in [2.05, 4.69) is 5.32 Å². The number of amides is 4. The van der Waals surface area contributed by atoms with Crippen molar-refractivity contribution in [2.45, 2.75) is 25.8 Å². The van der Waals surface area contributed by atoms with Gasteiger partial charge < -0.3 is 15.0 Å². The first-order valence-corrected chi connectivity index (χ1v) is 7.66. The van der Waals surface area contributed by atoms with Gasteiger partial charge in [-0.3, -0.25) is 4.79 Å². The largest absolute Gasteiger partial charge is 0.439 e. The summed E-state index contributed by atoms with van der Waals surface area (Å²) in [4.78, 5) is 38.4. The van der Waals surface area contributed by atoms with Crippen LogP contribution < -0.4 is 5.32 Å². The van der Waals surface area contributed by atoms with Gasteiger partial charge in [-0.1, -0.05) is 17.7 Å². The van der Waals surface area contributed by atoms with E-state index in [0.717, 1.165) is 11.3 Å². The second kappa shape index (κ2) is 6.28. The van der Waals surface area contributed by atoms with Crippen molar-refractivity contribution in [2.24, 2.45) is 0 Å². The molecular weight excluding hydrogens is 298 g/mol. The summed E-state index contributed by atoms with van der Waals surface area (Å²) in [6, 6.07) is 7.25. The van der Waals surface area contributed by atoms with Crippen molar-refractivity contribution in [3.63, 3.8) is 0 Å². The highest BCUT2D eigenvalue weighted by atomic mass is 16.6. The van der Waals surface area contributed by atoms with Gasteiger partial charge in [0.1, 0.15) is 0 Å². The molecule has 0 aliphatic carbocycles. The lowest BCUT2D eigenvalue weighted by Crippen LogP contribution is -2.49. The van der Waals surface area contributed by atoms with E-state index in [1.807, 2.05) is 31.2 Å². The molecule has 1 aromatic carbocycles. The molecule has 0 bridgehead atoms. The van der Waals surface area contributed by atoms with E-state index in [4.69, 9.17) is 4.74 Å². The predicted octanol–water partition coefficient (Wildman–Crippen LogP) is 1.97. The molecule has 0 unspecified atom stereocenters. The third kappa shape index (κ3) is 3.28. The lowest BCUT2D eigenvalue weighted by molar-refractivity contribution is -0.127. The number of hydrogen-bond acceptors (Lipinski definition) is 4. The first-order valence-electron chi connectivity index (χ1n) is 7.66. The van der Waals surface area contributed by atoms with E-state index < -0.39 is 6.09 Å². The smallest absolute Gasteiger partial charge is 0.417 e. The van der Waals surface area contributed by atoms with Crippen molar-refractivity contribution in [1.29, 1.82) is 0 Å². The van der Waals surface area contributed by atoms with Crippen LogP contribution in [0.25, 0.3) is 0 Å². The summed E-state index contributed by atoms with van der Waals surface area (Å²) in [5.41, 5.74) is 1.88. The van der Waals surface area contributed by atoms with Gasteiger partial charge in [-0.2, -0.15) is 0 Å². The minimum atomic E-state index is -0.572. The Bertz CT molecular complexity index is 605. The molecule has 1 aromatic rings. The number of anilines is 1. The van der Waals surface area contributed by atoms with E-state index in [9.17, 15) is 14.4 Å². The maximum absolute atomic E-state index is 12.3. The van der Waals surface area contributed by atoms with Gasteiger partial charge in [-0.05, 0) is 31.9 Å². The highest BCUT2D eigenvalue weighted by Gasteiger charge is 2.38. The van der Waals surface area contributed by atoms with Crippen LogP contribution in [0.5, 0.6) is 0 Å². The fourth-order valence-corrected chi connectivity index (χ4v) is 2.88. The number of urea groups is 1. The minimum absolute atomic E-state index is 0.164. The number of ether oxygens (including phenoxy) is 1. The SMILES string of the molecule is Cc1ccc(NC(=O)N2CCC(N3C(=O)COC3=O)CC2)cc1. The van der Waals surface area contributed by atoms with Crippen molar-refractivity contribution in [3.8, 4) is 0 Å². The molecule has 7 heteroatoms. The summed E-state index contributed by atoms with van der Waals surface area (Å²) in [6.07, 6.45) is 0.571. The monoisotopic (exact) mass is 317 g/mol. The topological polar surface area (TPSA) is 79.0 Å². The van der Waals surface area contributed by atoms with E-state index in [1.54, 1.807) is 4.90 Å². The number of cyclic esters (lactones) is 1. The lowest BCUT2D eigenvalue weighted by Gasteiger charge is -2.34. The maximum Gasteiger partial charge on any atom is 0.417 e. The number of nitrogens with one attached hydrogen (secondary N) is 1. The third-order valence-electron chi connectivity index (χ3n) is 4.20. The zero-order valence-electron chi connectivity index (χ0n) is 12.9. The molecule has 0 radical (unpaired) electrons. The molecule has 4 amide bonds. The summed E-state index contributed by atoms with van der Waals surface area (Å²) in [6.45, 7) is 2.81. The van der Waals surface area contributed by atoms with Crippen LogP contribution in [0, 0.1) is 6.92 Å². The highest BCUT2D eigenvalue weighted by molar-refractivity contribution is 5.98. The summed E-state index contributed by atoms with van der Waals surface area (Å²) in [5.74, 6) is -0.294. The molecule has 2 heterocycles. The maximum atomic E-state index is 12.3. The van der Waals surface area contributed by atoms with Gasteiger partial charge in [-0.25, -0.2) is 14.5 Å². The highest BCUT2D eigenvalue weighted by Crippen LogP contribution is 2.21. The van der Waals surface area contributed by atoms with Crippen LogP contribution >= 0.6 is 0 Å². The first kappa shape index (κ1) is 15.3. The standard InChI is InChI=1S/C16H19N3O4/c1-11-2-4-12(5-3-11)17-15(21)18-8-6-13(7-9-18)19-14(20)10-23-16(19)22/h2-5,13H,6-10H2,1H3,(H,17,21). The second-order valence-corrected chi connectivity index (χ2v) is 5.83.